The number of carbonyl (C=O) groups is 1. The molecule has 7 nitrogen and oxygen atoms in total. The van der Waals surface area contributed by atoms with Gasteiger partial charge in [0.05, 0.1) is 10.6 Å². The van der Waals surface area contributed by atoms with Gasteiger partial charge in [-0.05, 0) is 42.1 Å². The second kappa shape index (κ2) is 9.67. The normalized spacial score (nSPS) is 11.0. The molecule has 2 N–H and O–H groups in total. The molecule has 180 valence electrons. The molecule has 5 rings (SSSR count). The van der Waals surface area contributed by atoms with Crippen LogP contribution in [0.25, 0.3) is 16.5 Å². The lowest BCUT2D eigenvalue weighted by Gasteiger charge is -2.11. The van der Waals surface area contributed by atoms with Gasteiger partial charge in [0.15, 0.2) is 11.6 Å². The fourth-order valence-corrected chi connectivity index (χ4v) is 4.39. The number of anilines is 1. The first-order chi connectivity index (χ1) is 17.4. The molecule has 0 aliphatic carbocycles. The third-order valence-electron chi connectivity index (χ3n) is 5.54. The van der Waals surface area contributed by atoms with Crippen LogP contribution >= 0.6 is 11.3 Å². The van der Waals surface area contributed by atoms with Gasteiger partial charge < -0.3 is 5.32 Å². The average molecular weight is 504 g/mol. The van der Waals surface area contributed by atoms with E-state index in [4.69, 9.17) is 0 Å². The monoisotopic (exact) mass is 503 g/mol. The summed E-state index contributed by atoms with van der Waals surface area (Å²) in [4.78, 5) is 34.0. The molecule has 0 bridgehead atoms. The highest BCUT2D eigenvalue weighted by Gasteiger charge is 2.19. The molecule has 1 amide bonds. The molecule has 5 aromatic rings. The van der Waals surface area contributed by atoms with Gasteiger partial charge in [-0.15, -0.1) is 11.3 Å². The van der Waals surface area contributed by atoms with Gasteiger partial charge in [0.25, 0.3) is 11.5 Å². The summed E-state index contributed by atoms with van der Waals surface area (Å²) in [6.07, 6.45) is 0.411. The van der Waals surface area contributed by atoms with Crippen molar-refractivity contribution in [1.82, 2.24) is 19.7 Å². The molecular weight excluding hydrogens is 484 g/mol. The number of H-pyrrole nitrogens is 1. The Morgan fingerprint density at radius 1 is 1.06 bits per heavy atom. The van der Waals surface area contributed by atoms with Crippen molar-refractivity contribution in [3.63, 3.8) is 0 Å². The van der Waals surface area contributed by atoms with E-state index in [9.17, 15) is 18.4 Å². The van der Waals surface area contributed by atoms with Crippen LogP contribution in [-0.2, 0) is 6.42 Å². The van der Waals surface area contributed by atoms with Gasteiger partial charge in [-0.2, -0.15) is 9.78 Å². The molecule has 0 spiro atoms. The predicted octanol–water partition coefficient (Wildman–Crippen LogP) is 5.11. The number of hydrogen-bond acceptors (Lipinski definition) is 5. The molecule has 36 heavy (non-hydrogen) atoms. The Hall–Kier alpha value is -4.44. The summed E-state index contributed by atoms with van der Waals surface area (Å²) >= 11 is 1.45. The molecule has 2 aromatic carbocycles. The van der Waals surface area contributed by atoms with Crippen molar-refractivity contribution in [3.05, 3.63) is 116 Å². The highest BCUT2D eigenvalue weighted by atomic mass is 32.1. The van der Waals surface area contributed by atoms with E-state index in [1.807, 2.05) is 47.8 Å². The summed E-state index contributed by atoms with van der Waals surface area (Å²) in [5.74, 6) is -2.55. The zero-order valence-corrected chi connectivity index (χ0v) is 19.8. The van der Waals surface area contributed by atoms with E-state index in [1.165, 1.54) is 22.1 Å². The number of nitrogens with zero attached hydrogens (tertiary/aromatic N) is 3. The molecular formula is C26H19F2N5O2S. The maximum Gasteiger partial charge on any atom is 0.256 e. The lowest BCUT2D eigenvalue weighted by atomic mass is 10.1. The lowest BCUT2D eigenvalue weighted by Crippen LogP contribution is -2.22. The zero-order chi connectivity index (χ0) is 25.2. The van der Waals surface area contributed by atoms with Gasteiger partial charge in [-0.3, -0.25) is 14.6 Å². The molecule has 0 aliphatic rings. The molecule has 10 heteroatoms. The topological polar surface area (TPSA) is 92.7 Å². The number of rotatable bonds is 6. The van der Waals surface area contributed by atoms with Gasteiger partial charge in [-0.1, -0.05) is 36.4 Å². The minimum Gasteiger partial charge on any atom is -0.306 e. The Labute approximate surface area is 208 Å². The third-order valence-corrected chi connectivity index (χ3v) is 6.43. The number of carbonyl (C=O) groups excluding carboxylic acids is 1. The Morgan fingerprint density at radius 3 is 2.56 bits per heavy atom. The van der Waals surface area contributed by atoms with Crippen LogP contribution in [0.1, 0.15) is 27.2 Å². The Bertz CT molecular complexity index is 1610. The van der Waals surface area contributed by atoms with Gasteiger partial charge >= 0.3 is 0 Å². The summed E-state index contributed by atoms with van der Waals surface area (Å²) in [5, 5.41) is 9.09. The summed E-state index contributed by atoms with van der Waals surface area (Å²) in [6, 6.07) is 17.8. The van der Waals surface area contributed by atoms with Crippen LogP contribution in [0.15, 0.2) is 76.9 Å². The highest BCUT2D eigenvalue weighted by molar-refractivity contribution is 7.13. The van der Waals surface area contributed by atoms with E-state index in [0.29, 0.717) is 23.4 Å². The van der Waals surface area contributed by atoms with E-state index < -0.39 is 17.5 Å². The van der Waals surface area contributed by atoms with Crippen molar-refractivity contribution in [2.75, 3.05) is 5.32 Å². The van der Waals surface area contributed by atoms with Crippen molar-refractivity contribution < 1.29 is 13.6 Å². The fourth-order valence-electron chi connectivity index (χ4n) is 3.71. The zero-order valence-electron chi connectivity index (χ0n) is 19.0. The molecule has 0 aliphatic heterocycles. The highest BCUT2D eigenvalue weighted by Crippen LogP contribution is 2.28. The van der Waals surface area contributed by atoms with E-state index >= 15 is 0 Å². The molecule has 3 heterocycles. The second-order valence-corrected chi connectivity index (χ2v) is 8.95. The SMILES string of the molecule is Cc1nc(-n2nc(-c3cccs3)cc2NC(=O)c2ccc(F)c(F)c2)[nH]c(=O)c1Cc1ccccc1. The van der Waals surface area contributed by atoms with Crippen LogP contribution in [0.2, 0.25) is 0 Å². The molecule has 0 saturated carbocycles. The standard InChI is InChI=1S/C26H19F2N5O2S/c1-15-18(12-16-6-3-2-4-7-16)25(35)31-26(29-15)33-23(14-21(32-33)22-8-5-11-36-22)30-24(34)17-9-10-19(27)20(28)13-17/h2-11,13-14H,12H2,1H3,(H,30,34)(H,29,31,35). The summed E-state index contributed by atoms with van der Waals surface area (Å²) in [5.41, 5.74) is 2.15. The number of nitrogens with one attached hydrogen (secondary N) is 2. The van der Waals surface area contributed by atoms with Gasteiger partial charge in [0, 0.05) is 23.6 Å². The number of aromatic nitrogens is 4. The molecule has 3 aromatic heterocycles. The van der Waals surface area contributed by atoms with Crippen molar-refractivity contribution in [3.8, 4) is 16.5 Å². The number of aromatic amines is 1. The first-order valence-electron chi connectivity index (χ1n) is 10.9. The molecule has 0 fully saturated rings. The van der Waals surface area contributed by atoms with Gasteiger partial charge in [0.2, 0.25) is 5.95 Å². The molecule has 0 atom stereocenters. The first-order valence-corrected chi connectivity index (χ1v) is 11.8. The average Bonchev–Trinajstić information content (AvgIpc) is 3.54. The van der Waals surface area contributed by atoms with Crippen molar-refractivity contribution in [2.24, 2.45) is 0 Å². The van der Waals surface area contributed by atoms with Crippen LogP contribution in [0.3, 0.4) is 0 Å². The number of amides is 1. The molecule has 0 unspecified atom stereocenters. The number of benzene rings is 2. The maximum atomic E-state index is 13.7. The number of aryl methyl sites for hydroxylation is 1. The largest absolute Gasteiger partial charge is 0.306 e. The Balaban J connectivity index is 1.54. The molecule has 0 radical (unpaired) electrons. The minimum absolute atomic E-state index is 0.0739. The number of thiophene rings is 1. The maximum absolute atomic E-state index is 13.7. The van der Waals surface area contributed by atoms with Crippen LogP contribution in [0, 0.1) is 18.6 Å². The quantitative estimate of drug-likeness (QED) is 0.337. The van der Waals surface area contributed by atoms with E-state index in [2.05, 4.69) is 20.4 Å². The Kier molecular flexibility index (Phi) is 6.26. The lowest BCUT2D eigenvalue weighted by molar-refractivity contribution is 0.102. The smallest absolute Gasteiger partial charge is 0.256 e. The van der Waals surface area contributed by atoms with Crippen molar-refractivity contribution in [1.29, 1.82) is 0 Å². The van der Waals surface area contributed by atoms with Crippen molar-refractivity contribution >= 4 is 23.1 Å². The van der Waals surface area contributed by atoms with Gasteiger partial charge in [-0.25, -0.2) is 13.8 Å². The minimum atomic E-state index is -1.13. The van der Waals surface area contributed by atoms with Crippen LogP contribution < -0.4 is 10.9 Å². The molecule has 0 saturated heterocycles. The number of hydrogen-bond donors (Lipinski definition) is 2. The Morgan fingerprint density at radius 2 is 1.86 bits per heavy atom. The predicted molar refractivity (Wildman–Crippen MR) is 134 cm³/mol. The third kappa shape index (κ3) is 4.71. The van der Waals surface area contributed by atoms with Crippen molar-refractivity contribution in [2.45, 2.75) is 13.3 Å². The van der Waals surface area contributed by atoms with Crippen LogP contribution in [0.5, 0.6) is 0 Å². The summed E-state index contributed by atoms with van der Waals surface area (Å²) < 4.78 is 28.3. The van der Waals surface area contributed by atoms with Gasteiger partial charge in [0.1, 0.15) is 11.5 Å². The van der Waals surface area contributed by atoms with Crippen LogP contribution in [0.4, 0.5) is 14.6 Å². The first kappa shape index (κ1) is 23.3. The van der Waals surface area contributed by atoms with Crippen LogP contribution in [-0.4, -0.2) is 25.7 Å². The second-order valence-electron chi connectivity index (χ2n) is 8.00. The summed E-state index contributed by atoms with van der Waals surface area (Å²) in [7, 11) is 0. The summed E-state index contributed by atoms with van der Waals surface area (Å²) in [6.45, 7) is 1.74. The van der Waals surface area contributed by atoms with E-state index in [1.54, 1.807) is 13.0 Å². The van der Waals surface area contributed by atoms with E-state index in [0.717, 1.165) is 22.6 Å². The number of halogens is 2. The van der Waals surface area contributed by atoms with E-state index in [-0.39, 0.29) is 22.9 Å². The fraction of sp³-hybridized carbons (Fsp3) is 0.0769.